The monoisotopic (exact) mass is 278 g/mol. The summed E-state index contributed by atoms with van der Waals surface area (Å²) in [6, 6.07) is 4.21. The van der Waals surface area contributed by atoms with Crippen molar-refractivity contribution in [1.29, 1.82) is 0 Å². The van der Waals surface area contributed by atoms with Gasteiger partial charge in [-0.2, -0.15) is 0 Å². The number of amides is 1. The van der Waals surface area contributed by atoms with E-state index < -0.39 is 17.3 Å². The van der Waals surface area contributed by atoms with Gasteiger partial charge in [-0.15, -0.1) is 0 Å². The Bertz CT molecular complexity index is 545. The highest BCUT2D eigenvalue weighted by molar-refractivity contribution is 5.94. The molecule has 5 heteroatoms. The largest absolute Gasteiger partial charge is 0.377 e. The van der Waals surface area contributed by atoms with Gasteiger partial charge in [0.05, 0.1) is 17.7 Å². The van der Waals surface area contributed by atoms with E-state index in [1.165, 1.54) is 12.1 Å². The molecule has 0 heterocycles. The van der Waals surface area contributed by atoms with E-state index in [9.17, 15) is 9.18 Å². The first-order chi connectivity index (χ1) is 9.39. The number of carbonyl (C=O) groups is 1. The lowest BCUT2D eigenvalue weighted by atomic mass is 10.1. The van der Waals surface area contributed by atoms with Gasteiger partial charge >= 0.3 is 0 Å². The van der Waals surface area contributed by atoms with Crippen molar-refractivity contribution in [2.24, 2.45) is 5.73 Å². The molecule has 0 aromatic heterocycles. The third kappa shape index (κ3) is 4.65. The first-order valence-electron chi connectivity index (χ1n) is 6.21. The van der Waals surface area contributed by atoms with Crippen molar-refractivity contribution >= 4 is 5.91 Å². The van der Waals surface area contributed by atoms with Crippen molar-refractivity contribution in [2.45, 2.75) is 19.4 Å². The summed E-state index contributed by atoms with van der Waals surface area (Å²) in [6.07, 6.45) is 0. The molecule has 20 heavy (non-hydrogen) atoms. The van der Waals surface area contributed by atoms with E-state index in [2.05, 4.69) is 17.2 Å². The number of halogens is 1. The molecule has 0 bridgehead atoms. The highest BCUT2D eigenvalue weighted by atomic mass is 19.1. The van der Waals surface area contributed by atoms with Crippen LogP contribution in [0.4, 0.5) is 4.39 Å². The molecule has 0 aliphatic rings. The minimum atomic E-state index is -0.610. The summed E-state index contributed by atoms with van der Waals surface area (Å²) in [7, 11) is 1.55. The number of carbonyl (C=O) groups excluding carboxylic acids is 1. The van der Waals surface area contributed by atoms with Crippen LogP contribution in [-0.4, -0.2) is 31.7 Å². The van der Waals surface area contributed by atoms with Crippen molar-refractivity contribution in [3.63, 3.8) is 0 Å². The average molecular weight is 278 g/mol. The second-order valence-corrected chi connectivity index (χ2v) is 4.85. The third-order valence-corrected chi connectivity index (χ3v) is 2.78. The molecule has 1 aromatic rings. The summed E-state index contributed by atoms with van der Waals surface area (Å²) in [6.45, 7) is 4.15. The molecule has 3 N–H and O–H groups in total. The van der Waals surface area contributed by atoms with Crippen LogP contribution in [0.1, 0.15) is 29.8 Å². The SMILES string of the molecule is COC(C)(C)CNC(=O)c1ccc(C#CCN)cc1F. The molecular formula is C15H19FN2O2. The maximum Gasteiger partial charge on any atom is 0.254 e. The number of hydrogen-bond donors (Lipinski definition) is 2. The molecule has 1 rings (SSSR count). The van der Waals surface area contributed by atoms with Gasteiger partial charge in [0.25, 0.3) is 5.91 Å². The van der Waals surface area contributed by atoms with Gasteiger partial charge in [-0.3, -0.25) is 4.79 Å². The van der Waals surface area contributed by atoms with E-state index in [-0.39, 0.29) is 18.7 Å². The normalized spacial score (nSPS) is 10.7. The fourth-order valence-corrected chi connectivity index (χ4v) is 1.39. The fourth-order valence-electron chi connectivity index (χ4n) is 1.39. The van der Waals surface area contributed by atoms with Crippen molar-refractivity contribution in [2.75, 3.05) is 20.2 Å². The number of rotatable bonds is 4. The Morgan fingerprint density at radius 1 is 1.50 bits per heavy atom. The Balaban J connectivity index is 2.79. The Labute approximate surface area is 118 Å². The summed E-state index contributed by atoms with van der Waals surface area (Å²) >= 11 is 0. The maximum atomic E-state index is 13.8. The fraction of sp³-hybridized carbons (Fsp3) is 0.400. The van der Waals surface area contributed by atoms with Crippen LogP contribution in [0.2, 0.25) is 0 Å². The number of ether oxygens (including phenoxy) is 1. The Kier molecular flexibility index (Phi) is 5.68. The third-order valence-electron chi connectivity index (χ3n) is 2.78. The van der Waals surface area contributed by atoms with E-state index in [1.807, 2.05) is 13.8 Å². The van der Waals surface area contributed by atoms with E-state index in [0.29, 0.717) is 5.56 Å². The summed E-state index contributed by atoms with van der Waals surface area (Å²) in [5.41, 5.74) is 5.21. The van der Waals surface area contributed by atoms with Crippen LogP contribution in [0.3, 0.4) is 0 Å². The minimum absolute atomic E-state index is 0.0183. The molecule has 0 unspecified atom stereocenters. The van der Waals surface area contributed by atoms with Gasteiger partial charge in [-0.05, 0) is 32.0 Å². The summed E-state index contributed by atoms with van der Waals surface area (Å²) in [5, 5.41) is 2.63. The second-order valence-electron chi connectivity index (χ2n) is 4.85. The van der Waals surface area contributed by atoms with E-state index in [0.717, 1.165) is 0 Å². The van der Waals surface area contributed by atoms with Crippen LogP contribution >= 0.6 is 0 Å². The van der Waals surface area contributed by atoms with Crippen LogP contribution in [0, 0.1) is 17.7 Å². The standard InChI is InChI=1S/C15H19FN2O2/c1-15(2,20-3)10-18-14(19)12-7-6-11(5-4-8-17)9-13(12)16/h6-7,9H,8,10,17H2,1-3H3,(H,18,19). The quantitative estimate of drug-likeness (QED) is 0.816. The molecule has 0 saturated carbocycles. The van der Waals surface area contributed by atoms with Crippen LogP contribution in [0.5, 0.6) is 0 Å². The van der Waals surface area contributed by atoms with Gasteiger partial charge in [-0.25, -0.2) is 4.39 Å². The lowest BCUT2D eigenvalue weighted by Crippen LogP contribution is -2.40. The molecule has 1 aromatic carbocycles. The number of nitrogens with one attached hydrogen (secondary N) is 1. The zero-order valence-corrected chi connectivity index (χ0v) is 11.9. The smallest absolute Gasteiger partial charge is 0.254 e. The number of benzene rings is 1. The number of nitrogens with two attached hydrogens (primary N) is 1. The zero-order chi connectivity index (χ0) is 15.2. The van der Waals surface area contributed by atoms with Crippen LogP contribution in [-0.2, 0) is 4.74 Å². The van der Waals surface area contributed by atoms with Crippen molar-refractivity contribution in [1.82, 2.24) is 5.32 Å². The lowest BCUT2D eigenvalue weighted by molar-refractivity contribution is 0.0228. The Morgan fingerprint density at radius 3 is 2.75 bits per heavy atom. The maximum absolute atomic E-state index is 13.8. The minimum Gasteiger partial charge on any atom is -0.377 e. The highest BCUT2D eigenvalue weighted by Crippen LogP contribution is 2.11. The van der Waals surface area contributed by atoms with Crippen LogP contribution < -0.4 is 11.1 Å². The molecule has 0 aliphatic heterocycles. The number of hydrogen-bond acceptors (Lipinski definition) is 3. The lowest BCUT2D eigenvalue weighted by Gasteiger charge is -2.23. The molecule has 1 amide bonds. The van der Waals surface area contributed by atoms with Gasteiger partial charge in [0.1, 0.15) is 5.82 Å². The predicted molar refractivity (Wildman–Crippen MR) is 75.8 cm³/mol. The highest BCUT2D eigenvalue weighted by Gasteiger charge is 2.19. The molecule has 0 spiro atoms. The average Bonchev–Trinajstić information content (AvgIpc) is 2.42. The molecule has 0 atom stereocenters. The van der Waals surface area contributed by atoms with Crippen molar-refractivity contribution < 1.29 is 13.9 Å². The topological polar surface area (TPSA) is 64.3 Å². The Hall–Kier alpha value is -1.90. The molecule has 108 valence electrons. The molecular weight excluding hydrogens is 259 g/mol. The Morgan fingerprint density at radius 2 is 2.20 bits per heavy atom. The molecule has 0 fully saturated rings. The summed E-state index contributed by atoms with van der Waals surface area (Å²) < 4.78 is 19.0. The van der Waals surface area contributed by atoms with Gasteiger partial charge in [0.2, 0.25) is 0 Å². The predicted octanol–water partition coefficient (Wildman–Crippen LogP) is 1.29. The molecule has 0 aliphatic carbocycles. The molecule has 0 radical (unpaired) electrons. The van der Waals surface area contributed by atoms with Gasteiger partial charge in [0, 0.05) is 19.2 Å². The van der Waals surface area contributed by atoms with Gasteiger partial charge in [0.15, 0.2) is 0 Å². The molecule has 4 nitrogen and oxygen atoms in total. The van der Waals surface area contributed by atoms with E-state index in [4.69, 9.17) is 10.5 Å². The zero-order valence-electron chi connectivity index (χ0n) is 11.9. The van der Waals surface area contributed by atoms with Crippen molar-refractivity contribution in [3.8, 4) is 11.8 Å². The number of methoxy groups -OCH3 is 1. The van der Waals surface area contributed by atoms with Crippen molar-refractivity contribution in [3.05, 3.63) is 35.1 Å². The van der Waals surface area contributed by atoms with Gasteiger partial charge in [-0.1, -0.05) is 11.8 Å². The van der Waals surface area contributed by atoms with Gasteiger partial charge < -0.3 is 15.8 Å². The van der Waals surface area contributed by atoms with Crippen LogP contribution in [0.15, 0.2) is 18.2 Å². The van der Waals surface area contributed by atoms with E-state index in [1.54, 1.807) is 13.2 Å². The second kappa shape index (κ2) is 7.04. The first kappa shape index (κ1) is 16.2. The first-order valence-corrected chi connectivity index (χ1v) is 6.21. The summed E-state index contributed by atoms with van der Waals surface area (Å²) in [5.74, 6) is 4.25. The summed E-state index contributed by atoms with van der Waals surface area (Å²) in [4.78, 5) is 11.9. The molecule has 0 saturated heterocycles. The van der Waals surface area contributed by atoms with E-state index >= 15 is 0 Å². The van der Waals surface area contributed by atoms with Crippen LogP contribution in [0.25, 0.3) is 0 Å².